The molecule has 1 unspecified atom stereocenters. The molecule has 0 heterocycles. The molecule has 0 aliphatic heterocycles. The van der Waals surface area contributed by atoms with Gasteiger partial charge in [-0.25, -0.2) is 13.2 Å². The van der Waals surface area contributed by atoms with E-state index in [0.717, 1.165) is 5.56 Å². The third-order valence-corrected chi connectivity index (χ3v) is 10.2. The maximum atomic E-state index is 14.6. The van der Waals surface area contributed by atoms with Crippen LogP contribution in [0.25, 0.3) is 0 Å². The molecular formula is C27H31ClN3O7PS. The number of amides is 1. The Morgan fingerprint density at radius 3 is 2.17 bits per heavy atom. The molecule has 0 bridgehead atoms. The second-order valence-corrected chi connectivity index (χ2v) is 13.5. The molecule has 3 aromatic rings. The molecule has 0 spiro atoms. The number of hydrogen-bond donors (Lipinski definition) is 3. The molecular weight excluding hydrogens is 577 g/mol. The van der Waals surface area contributed by atoms with Crippen LogP contribution in [0.4, 0.5) is 4.79 Å². The highest BCUT2D eigenvalue weighted by molar-refractivity contribution is 7.90. The summed E-state index contributed by atoms with van der Waals surface area (Å²) in [6, 6.07) is 23.4. The van der Waals surface area contributed by atoms with Crippen LogP contribution in [0, 0.1) is 0 Å². The highest BCUT2D eigenvalue weighted by Gasteiger charge is 2.39. The van der Waals surface area contributed by atoms with Crippen LogP contribution < -0.4 is 20.4 Å². The summed E-state index contributed by atoms with van der Waals surface area (Å²) < 4.78 is 53.6. The van der Waals surface area contributed by atoms with Gasteiger partial charge in [0.05, 0.1) is 12.4 Å². The molecule has 0 aliphatic rings. The molecule has 2 atom stereocenters. The standard InChI is InChI=1S/C27H31ClN3O7PS/c1-2-37-25(32)19-30-39(34,24-11-7-4-8-12-24)26(22-13-15-23(28)16-14-22)31-40(35,36)18-17-29-27(33)38-20-21-9-5-3-6-10-21/h3-16,26,31H,2,17-20H2,1H3,(H,29,33)(H,30,34)/t26-,39?/m0/s1. The lowest BCUT2D eigenvalue weighted by molar-refractivity contribution is -0.141. The van der Waals surface area contributed by atoms with Crippen molar-refractivity contribution in [2.45, 2.75) is 19.3 Å². The lowest BCUT2D eigenvalue weighted by atomic mass is 10.2. The summed E-state index contributed by atoms with van der Waals surface area (Å²) in [4.78, 5) is 24.2. The van der Waals surface area contributed by atoms with E-state index in [0.29, 0.717) is 15.9 Å². The highest BCUT2D eigenvalue weighted by Crippen LogP contribution is 2.53. The first-order valence-corrected chi connectivity index (χ1v) is 16.2. The molecule has 0 radical (unpaired) electrons. The average molecular weight is 608 g/mol. The van der Waals surface area contributed by atoms with E-state index in [9.17, 15) is 22.6 Å². The van der Waals surface area contributed by atoms with E-state index in [-0.39, 0.29) is 19.8 Å². The molecule has 10 nitrogen and oxygen atoms in total. The Morgan fingerprint density at radius 2 is 1.55 bits per heavy atom. The summed E-state index contributed by atoms with van der Waals surface area (Å²) in [6.07, 6.45) is -0.778. The van der Waals surface area contributed by atoms with E-state index in [1.54, 1.807) is 73.7 Å². The van der Waals surface area contributed by atoms with Crippen LogP contribution in [0.1, 0.15) is 23.8 Å². The Morgan fingerprint density at radius 1 is 0.925 bits per heavy atom. The van der Waals surface area contributed by atoms with Crippen molar-refractivity contribution in [2.24, 2.45) is 0 Å². The summed E-state index contributed by atoms with van der Waals surface area (Å²) in [7, 11) is -8.01. The number of ether oxygens (including phenoxy) is 2. The van der Waals surface area contributed by atoms with E-state index in [2.05, 4.69) is 15.1 Å². The second-order valence-electron chi connectivity index (χ2n) is 8.51. The number of benzene rings is 3. The van der Waals surface area contributed by atoms with Gasteiger partial charge in [0, 0.05) is 16.9 Å². The van der Waals surface area contributed by atoms with Crippen LogP contribution in [0.3, 0.4) is 0 Å². The first-order chi connectivity index (χ1) is 19.1. The molecule has 0 aliphatic carbocycles. The van der Waals surface area contributed by atoms with E-state index in [1.165, 1.54) is 0 Å². The van der Waals surface area contributed by atoms with Gasteiger partial charge in [-0.05, 0) is 30.2 Å². The van der Waals surface area contributed by atoms with Gasteiger partial charge in [-0.1, -0.05) is 84.4 Å². The number of rotatable bonds is 14. The maximum absolute atomic E-state index is 14.6. The van der Waals surface area contributed by atoms with Gasteiger partial charge in [0.1, 0.15) is 18.9 Å². The number of halogens is 1. The van der Waals surface area contributed by atoms with Crippen LogP contribution in [0.15, 0.2) is 84.9 Å². The number of esters is 1. The quantitative estimate of drug-likeness (QED) is 0.185. The van der Waals surface area contributed by atoms with Gasteiger partial charge in [0.25, 0.3) is 0 Å². The lowest BCUT2D eigenvalue weighted by Crippen LogP contribution is -2.40. The number of nitrogens with one attached hydrogen (secondary N) is 3. The molecule has 0 fully saturated rings. The zero-order valence-electron chi connectivity index (χ0n) is 21.8. The normalized spacial score (nSPS) is 13.6. The lowest BCUT2D eigenvalue weighted by Gasteiger charge is -2.30. The van der Waals surface area contributed by atoms with Gasteiger partial charge >= 0.3 is 12.1 Å². The Balaban J connectivity index is 1.79. The fourth-order valence-corrected chi connectivity index (χ4v) is 8.06. The van der Waals surface area contributed by atoms with Crippen molar-refractivity contribution in [3.05, 3.63) is 101 Å². The Labute approximate surface area is 238 Å². The predicted octanol–water partition coefficient (Wildman–Crippen LogP) is 3.94. The minimum absolute atomic E-state index is 0.0305. The zero-order chi connectivity index (χ0) is 29.0. The van der Waals surface area contributed by atoms with E-state index >= 15 is 0 Å². The molecule has 13 heteroatoms. The molecule has 1 amide bonds. The Hall–Kier alpha value is -3.21. The minimum atomic E-state index is -4.12. The van der Waals surface area contributed by atoms with Gasteiger partial charge in [-0.3, -0.25) is 14.4 Å². The van der Waals surface area contributed by atoms with Crippen molar-refractivity contribution in [2.75, 3.05) is 25.4 Å². The van der Waals surface area contributed by atoms with Crippen molar-refractivity contribution < 1.29 is 32.0 Å². The average Bonchev–Trinajstić information content (AvgIpc) is 2.95. The van der Waals surface area contributed by atoms with Crippen molar-refractivity contribution in [1.82, 2.24) is 15.1 Å². The molecule has 40 heavy (non-hydrogen) atoms. The number of hydrogen-bond acceptors (Lipinski definition) is 7. The largest absolute Gasteiger partial charge is 0.465 e. The first-order valence-electron chi connectivity index (χ1n) is 12.4. The van der Waals surface area contributed by atoms with Crippen LogP contribution in [-0.4, -0.2) is 45.9 Å². The van der Waals surface area contributed by atoms with Crippen LogP contribution in [0.5, 0.6) is 0 Å². The first kappa shape index (κ1) is 31.3. The van der Waals surface area contributed by atoms with E-state index in [4.69, 9.17) is 21.1 Å². The maximum Gasteiger partial charge on any atom is 0.407 e. The van der Waals surface area contributed by atoms with Crippen molar-refractivity contribution in [1.29, 1.82) is 0 Å². The molecule has 0 saturated heterocycles. The smallest absolute Gasteiger partial charge is 0.407 e. The van der Waals surface area contributed by atoms with Crippen molar-refractivity contribution in [3.8, 4) is 0 Å². The fraction of sp³-hybridized carbons (Fsp3) is 0.259. The van der Waals surface area contributed by atoms with Crippen molar-refractivity contribution >= 4 is 46.3 Å². The van der Waals surface area contributed by atoms with Crippen LogP contribution in [-0.2, 0) is 35.5 Å². The molecule has 0 aromatic heterocycles. The number of carbonyl (C=O) groups excluding carboxylic acids is 2. The van der Waals surface area contributed by atoms with Crippen LogP contribution in [0.2, 0.25) is 5.02 Å². The fourth-order valence-electron chi connectivity index (χ4n) is 3.66. The van der Waals surface area contributed by atoms with Gasteiger partial charge < -0.3 is 14.8 Å². The summed E-state index contributed by atoms with van der Waals surface area (Å²) >= 11 is 6.04. The summed E-state index contributed by atoms with van der Waals surface area (Å²) in [6.45, 7) is 1.13. The van der Waals surface area contributed by atoms with Crippen LogP contribution >= 0.6 is 18.9 Å². The number of alkyl carbamates (subject to hydrolysis) is 1. The van der Waals surface area contributed by atoms with Gasteiger partial charge in [0.15, 0.2) is 7.29 Å². The van der Waals surface area contributed by atoms with E-state index < -0.39 is 47.5 Å². The zero-order valence-corrected chi connectivity index (χ0v) is 24.3. The minimum Gasteiger partial charge on any atom is -0.465 e. The molecule has 3 rings (SSSR count). The number of carbonyl (C=O) groups is 2. The predicted molar refractivity (Wildman–Crippen MR) is 154 cm³/mol. The summed E-state index contributed by atoms with van der Waals surface area (Å²) in [5.41, 5.74) is 1.14. The SMILES string of the molecule is CCOC(=O)CNP(=O)(c1ccccc1)[C@H](NS(=O)(=O)CCNC(=O)OCc1ccccc1)c1ccc(Cl)cc1. The number of sulfonamides is 1. The van der Waals surface area contributed by atoms with Gasteiger partial charge in [-0.2, -0.15) is 4.72 Å². The summed E-state index contributed by atoms with van der Waals surface area (Å²) in [5.74, 6) is -2.48. The monoisotopic (exact) mass is 607 g/mol. The van der Waals surface area contributed by atoms with Gasteiger partial charge in [-0.15, -0.1) is 0 Å². The highest BCUT2D eigenvalue weighted by atomic mass is 35.5. The molecule has 3 N–H and O–H groups in total. The van der Waals surface area contributed by atoms with Crippen molar-refractivity contribution in [3.63, 3.8) is 0 Å². The third kappa shape index (κ3) is 9.46. The van der Waals surface area contributed by atoms with E-state index in [1.807, 2.05) is 18.2 Å². The Bertz CT molecular complexity index is 1410. The molecule has 214 valence electrons. The summed E-state index contributed by atoms with van der Waals surface area (Å²) in [5, 5.41) is 5.88. The molecule has 0 saturated carbocycles. The third-order valence-electron chi connectivity index (χ3n) is 5.60. The van der Waals surface area contributed by atoms with Gasteiger partial charge in [0.2, 0.25) is 10.0 Å². The topological polar surface area (TPSA) is 140 Å². The second kappa shape index (κ2) is 15.0. The molecule has 3 aromatic carbocycles. The Kier molecular flexibility index (Phi) is 11.7.